The summed E-state index contributed by atoms with van der Waals surface area (Å²) < 4.78 is 8.95. The van der Waals surface area contributed by atoms with Gasteiger partial charge in [0.2, 0.25) is 0 Å². The Morgan fingerprint density at radius 1 is 0.442 bits per heavy atom. The first kappa shape index (κ1) is 30.0. The number of nitrogens with one attached hydrogen (secondary N) is 1. The number of benzene rings is 8. The average molecular weight is 667 g/mol. The number of fused-ring (bicyclic) bond motifs is 6. The maximum atomic E-state index is 6.59. The first-order valence-electron chi connectivity index (χ1n) is 17.8. The Bertz CT molecular complexity index is 2950. The number of rotatable bonds is 6. The summed E-state index contributed by atoms with van der Waals surface area (Å²) in [6.07, 6.45) is 0. The van der Waals surface area contributed by atoms with Crippen molar-refractivity contribution >= 4 is 55.1 Å². The van der Waals surface area contributed by atoms with Gasteiger partial charge in [0.05, 0.1) is 11.0 Å². The molecule has 0 fully saturated rings. The number of para-hydroxylation sites is 4. The van der Waals surface area contributed by atoms with Gasteiger partial charge in [0.15, 0.2) is 0 Å². The van der Waals surface area contributed by atoms with Crippen molar-refractivity contribution < 1.29 is 4.42 Å². The summed E-state index contributed by atoms with van der Waals surface area (Å²) in [6.45, 7) is 2.13. The second kappa shape index (κ2) is 12.2. The third-order valence-corrected chi connectivity index (χ3v) is 10.3. The minimum atomic E-state index is 0.891. The predicted octanol–water partition coefficient (Wildman–Crippen LogP) is 13.7. The first-order valence-corrected chi connectivity index (χ1v) is 17.8. The normalized spacial score (nSPS) is 11.6. The third kappa shape index (κ3) is 5.06. The number of aromatic nitrogens is 1. The van der Waals surface area contributed by atoms with Crippen LogP contribution in [0.5, 0.6) is 0 Å². The van der Waals surface area contributed by atoms with E-state index < -0.39 is 0 Å². The van der Waals surface area contributed by atoms with Crippen LogP contribution in [0.3, 0.4) is 0 Å². The van der Waals surface area contributed by atoms with E-state index in [4.69, 9.17) is 4.42 Å². The van der Waals surface area contributed by atoms with Gasteiger partial charge in [0, 0.05) is 44.2 Å². The second-order valence-electron chi connectivity index (χ2n) is 13.5. The molecule has 0 aliphatic carbocycles. The van der Waals surface area contributed by atoms with Crippen LogP contribution < -0.4 is 5.32 Å². The quantitative estimate of drug-likeness (QED) is 0.191. The standard InChI is InChI=1S/C49H34N2O/c1-32-13-5-8-22-45(32)50-38-17-12-16-36(28-38)42-30-37(31-44-41-21-7-10-24-48(41)52-49(42)44)34-15-11-14-33(27-34)35-25-26-47-43(29-35)40-20-6-9-23-46(40)51(47)39-18-3-2-4-19-39/h2-31,50H,1H3. The molecule has 3 nitrogen and oxygen atoms in total. The lowest BCUT2D eigenvalue weighted by molar-refractivity contribution is 0.670. The van der Waals surface area contributed by atoms with E-state index in [1.807, 2.05) is 6.07 Å². The van der Waals surface area contributed by atoms with Crippen molar-refractivity contribution in [2.45, 2.75) is 6.92 Å². The minimum Gasteiger partial charge on any atom is -0.455 e. The first-order chi connectivity index (χ1) is 25.7. The van der Waals surface area contributed by atoms with E-state index in [0.717, 1.165) is 61.3 Å². The van der Waals surface area contributed by atoms with E-state index in [9.17, 15) is 0 Å². The van der Waals surface area contributed by atoms with Crippen LogP contribution in [-0.4, -0.2) is 4.57 Å². The lowest BCUT2D eigenvalue weighted by Crippen LogP contribution is -1.93. The molecule has 10 aromatic rings. The molecule has 8 aromatic carbocycles. The van der Waals surface area contributed by atoms with Crippen LogP contribution in [0.2, 0.25) is 0 Å². The van der Waals surface area contributed by atoms with E-state index in [2.05, 4.69) is 193 Å². The monoisotopic (exact) mass is 666 g/mol. The van der Waals surface area contributed by atoms with Gasteiger partial charge in [-0.15, -0.1) is 0 Å². The van der Waals surface area contributed by atoms with E-state index in [1.165, 1.54) is 38.5 Å². The maximum Gasteiger partial charge on any atom is 0.143 e. The Labute approximate surface area is 302 Å². The molecule has 0 spiro atoms. The topological polar surface area (TPSA) is 30.1 Å². The SMILES string of the molecule is Cc1ccccc1Nc1cccc(-c2cc(-c3cccc(-c4ccc5c(c4)c4ccccc4n5-c4ccccc4)c3)cc3c2oc2ccccc23)c1. The number of hydrogen-bond acceptors (Lipinski definition) is 2. The Hall–Kier alpha value is -6.84. The van der Waals surface area contributed by atoms with Gasteiger partial charge < -0.3 is 14.3 Å². The van der Waals surface area contributed by atoms with E-state index >= 15 is 0 Å². The highest BCUT2D eigenvalue weighted by Gasteiger charge is 2.17. The molecule has 2 aromatic heterocycles. The largest absolute Gasteiger partial charge is 0.455 e. The van der Waals surface area contributed by atoms with Gasteiger partial charge in [-0.05, 0) is 113 Å². The van der Waals surface area contributed by atoms with Crippen molar-refractivity contribution in [2.75, 3.05) is 5.32 Å². The van der Waals surface area contributed by atoms with Gasteiger partial charge in [0.1, 0.15) is 11.2 Å². The van der Waals surface area contributed by atoms with Crippen LogP contribution in [0.25, 0.3) is 82.8 Å². The summed E-state index contributed by atoms with van der Waals surface area (Å²) in [5.74, 6) is 0. The Morgan fingerprint density at radius 2 is 1.12 bits per heavy atom. The number of furan rings is 1. The van der Waals surface area contributed by atoms with Crippen molar-refractivity contribution in [1.82, 2.24) is 4.57 Å². The summed E-state index contributed by atoms with van der Waals surface area (Å²) in [7, 11) is 0. The number of nitrogens with zero attached hydrogens (tertiary/aromatic N) is 1. The fourth-order valence-corrected chi connectivity index (χ4v) is 7.73. The third-order valence-electron chi connectivity index (χ3n) is 10.3. The number of hydrogen-bond donors (Lipinski definition) is 1. The minimum absolute atomic E-state index is 0.891. The molecule has 0 aliphatic heterocycles. The molecule has 0 radical (unpaired) electrons. The molecule has 0 saturated heterocycles. The Balaban J connectivity index is 1.11. The number of anilines is 2. The molecule has 10 rings (SSSR count). The molecule has 0 amide bonds. The van der Waals surface area contributed by atoms with Crippen molar-refractivity contribution in [3.8, 4) is 39.1 Å². The highest BCUT2D eigenvalue weighted by molar-refractivity contribution is 6.12. The van der Waals surface area contributed by atoms with Gasteiger partial charge in [-0.25, -0.2) is 0 Å². The molecule has 0 atom stereocenters. The summed E-state index contributed by atoms with van der Waals surface area (Å²) in [5.41, 5.74) is 15.5. The van der Waals surface area contributed by atoms with E-state index in [1.54, 1.807) is 0 Å². The molecule has 0 saturated carbocycles. The Morgan fingerprint density at radius 3 is 2.00 bits per heavy atom. The van der Waals surface area contributed by atoms with Crippen LogP contribution >= 0.6 is 0 Å². The molecule has 1 N–H and O–H groups in total. The van der Waals surface area contributed by atoms with Crippen LogP contribution in [0.4, 0.5) is 11.4 Å². The van der Waals surface area contributed by atoms with Crippen LogP contribution in [-0.2, 0) is 0 Å². The van der Waals surface area contributed by atoms with Gasteiger partial charge in [0.25, 0.3) is 0 Å². The van der Waals surface area contributed by atoms with Gasteiger partial charge in [-0.2, -0.15) is 0 Å². The molecule has 3 heteroatoms. The Kier molecular flexibility index (Phi) is 7.04. The zero-order chi connectivity index (χ0) is 34.6. The average Bonchev–Trinajstić information content (AvgIpc) is 3.74. The smallest absolute Gasteiger partial charge is 0.143 e. The fraction of sp³-hybridized carbons (Fsp3) is 0.0204. The predicted molar refractivity (Wildman–Crippen MR) is 219 cm³/mol. The van der Waals surface area contributed by atoms with E-state index in [0.29, 0.717) is 0 Å². The zero-order valence-electron chi connectivity index (χ0n) is 28.7. The summed E-state index contributed by atoms with van der Waals surface area (Å²) in [6, 6.07) is 65.0. The highest BCUT2D eigenvalue weighted by atomic mass is 16.3. The van der Waals surface area contributed by atoms with Crippen LogP contribution in [0.15, 0.2) is 186 Å². The molecule has 246 valence electrons. The summed E-state index contributed by atoms with van der Waals surface area (Å²) in [4.78, 5) is 0. The second-order valence-corrected chi connectivity index (χ2v) is 13.5. The number of aryl methyl sites for hydroxylation is 1. The lowest BCUT2D eigenvalue weighted by Gasteiger charge is -2.13. The van der Waals surface area contributed by atoms with Crippen molar-refractivity contribution in [2.24, 2.45) is 0 Å². The molecule has 0 unspecified atom stereocenters. The van der Waals surface area contributed by atoms with E-state index in [-0.39, 0.29) is 0 Å². The lowest BCUT2D eigenvalue weighted by atomic mass is 9.93. The zero-order valence-corrected chi connectivity index (χ0v) is 28.7. The molecular formula is C49H34N2O. The van der Waals surface area contributed by atoms with Gasteiger partial charge in [-0.3, -0.25) is 0 Å². The highest BCUT2D eigenvalue weighted by Crippen LogP contribution is 2.41. The maximum absolute atomic E-state index is 6.59. The van der Waals surface area contributed by atoms with Crippen LogP contribution in [0, 0.1) is 6.92 Å². The summed E-state index contributed by atoms with van der Waals surface area (Å²) >= 11 is 0. The molecular weight excluding hydrogens is 633 g/mol. The van der Waals surface area contributed by atoms with Crippen molar-refractivity contribution in [1.29, 1.82) is 0 Å². The van der Waals surface area contributed by atoms with Gasteiger partial charge in [-0.1, -0.05) is 109 Å². The van der Waals surface area contributed by atoms with Gasteiger partial charge >= 0.3 is 0 Å². The fourth-order valence-electron chi connectivity index (χ4n) is 7.73. The molecule has 2 heterocycles. The molecule has 0 bridgehead atoms. The van der Waals surface area contributed by atoms with Crippen molar-refractivity contribution in [3.05, 3.63) is 188 Å². The van der Waals surface area contributed by atoms with Crippen LogP contribution in [0.1, 0.15) is 5.56 Å². The summed E-state index contributed by atoms with van der Waals surface area (Å²) in [5, 5.41) is 8.36. The molecule has 0 aliphatic rings. The molecule has 52 heavy (non-hydrogen) atoms. The van der Waals surface area contributed by atoms with Crippen molar-refractivity contribution in [3.63, 3.8) is 0 Å².